The minimum atomic E-state index is -0.514. The van der Waals surface area contributed by atoms with Crippen LogP contribution in [0.1, 0.15) is 23.5 Å². The van der Waals surface area contributed by atoms with Gasteiger partial charge >= 0.3 is 5.97 Å². The van der Waals surface area contributed by atoms with Gasteiger partial charge in [-0.05, 0) is 29.8 Å². The van der Waals surface area contributed by atoms with Crippen molar-refractivity contribution in [2.75, 3.05) is 0 Å². The van der Waals surface area contributed by atoms with Gasteiger partial charge in [-0.15, -0.1) is 0 Å². The third-order valence-corrected chi connectivity index (χ3v) is 4.48. The predicted octanol–water partition coefficient (Wildman–Crippen LogP) is 3.12. The largest absolute Gasteiger partial charge is 0.425 e. The Hall–Kier alpha value is -2.95. The summed E-state index contributed by atoms with van der Waals surface area (Å²) in [6.07, 6.45) is 0.0179. The number of ether oxygens (including phenoxy) is 1. The zero-order valence-electron chi connectivity index (χ0n) is 13.0. The smallest absolute Gasteiger partial charge is 0.312 e. The van der Waals surface area contributed by atoms with Crippen LogP contribution in [0, 0.1) is 5.82 Å². The highest BCUT2D eigenvalue weighted by Crippen LogP contribution is 2.40. The predicted molar refractivity (Wildman–Crippen MR) is 87.7 cm³/mol. The van der Waals surface area contributed by atoms with Crippen molar-refractivity contribution in [1.82, 2.24) is 4.57 Å². The summed E-state index contributed by atoms with van der Waals surface area (Å²) in [4.78, 5) is 25.0. The van der Waals surface area contributed by atoms with Crippen LogP contribution < -0.4 is 10.3 Å². The zero-order valence-corrected chi connectivity index (χ0v) is 13.0. The second-order valence-corrected chi connectivity index (χ2v) is 5.91. The number of aromatic nitrogens is 1. The van der Waals surface area contributed by atoms with Crippen LogP contribution >= 0.6 is 0 Å². The SMILES string of the molecule is Cn1c(=O)c2c(c3ccccc31)OC(=O)C[C@H]2c1cccc(F)c1. The van der Waals surface area contributed by atoms with Gasteiger partial charge in [0.2, 0.25) is 0 Å². The number of esters is 1. The fourth-order valence-corrected chi connectivity index (χ4v) is 3.34. The van der Waals surface area contributed by atoms with Crippen molar-refractivity contribution < 1.29 is 13.9 Å². The Bertz CT molecular complexity index is 1040. The number of fused-ring (bicyclic) bond motifs is 3. The van der Waals surface area contributed by atoms with Crippen LogP contribution in [-0.4, -0.2) is 10.5 Å². The fourth-order valence-electron chi connectivity index (χ4n) is 3.34. The summed E-state index contributed by atoms with van der Waals surface area (Å²) in [5, 5.41) is 0.698. The van der Waals surface area contributed by atoms with E-state index in [1.165, 1.54) is 12.1 Å². The molecule has 0 radical (unpaired) electrons. The van der Waals surface area contributed by atoms with Crippen LogP contribution in [0.5, 0.6) is 5.75 Å². The minimum absolute atomic E-state index is 0.0179. The molecule has 4 nitrogen and oxygen atoms in total. The number of rotatable bonds is 1. The molecule has 1 aliphatic heterocycles. The molecule has 1 aromatic heterocycles. The molecular formula is C19H14FNO3. The van der Waals surface area contributed by atoms with Gasteiger partial charge in [0.25, 0.3) is 5.56 Å². The van der Waals surface area contributed by atoms with Gasteiger partial charge in [-0.25, -0.2) is 4.39 Å². The van der Waals surface area contributed by atoms with E-state index >= 15 is 0 Å². The first-order chi connectivity index (χ1) is 11.6. The van der Waals surface area contributed by atoms with E-state index in [1.807, 2.05) is 18.2 Å². The summed E-state index contributed by atoms with van der Waals surface area (Å²) in [5.41, 5.74) is 1.46. The molecule has 1 aliphatic rings. The summed E-state index contributed by atoms with van der Waals surface area (Å²) < 4.78 is 20.6. The first-order valence-electron chi connectivity index (χ1n) is 7.64. The highest BCUT2D eigenvalue weighted by Gasteiger charge is 2.33. The van der Waals surface area contributed by atoms with Gasteiger partial charge in [-0.3, -0.25) is 9.59 Å². The molecule has 0 aliphatic carbocycles. The lowest BCUT2D eigenvalue weighted by atomic mass is 9.86. The number of benzene rings is 2. The lowest BCUT2D eigenvalue weighted by Crippen LogP contribution is -2.31. The van der Waals surface area contributed by atoms with E-state index in [0.717, 1.165) is 0 Å². The van der Waals surface area contributed by atoms with E-state index in [9.17, 15) is 14.0 Å². The van der Waals surface area contributed by atoms with Gasteiger partial charge in [-0.2, -0.15) is 0 Å². The van der Waals surface area contributed by atoms with Gasteiger partial charge < -0.3 is 9.30 Å². The molecule has 2 heterocycles. The van der Waals surface area contributed by atoms with Gasteiger partial charge in [0, 0.05) is 18.4 Å². The zero-order chi connectivity index (χ0) is 16.8. The second-order valence-electron chi connectivity index (χ2n) is 5.91. The normalized spacial score (nSPS) is 16.8. The average molecular weight is 323 g/mol. The maximum Gasteiger partial charge on any atom is 0.312 e. The van der Waals surface area contributed by atoms with E-state index in [0.29, 0.717) is 27.8 Å². The number of carbonyl (C=O) groups is 1. The Morgan fingerprint density at radius 2 is 1.92 bits per heavy atom. The van der Waals surface area contributed by atoms with Crippen molar-refractivity contribution in [3.63, 3.8) is 0 Å². The lowest BCUT2D eigenvalue weighted by Gasteiger charge is -2.26. The van der Waals surface area contributed by atoms with Crippen LogP contribution in [0.25, 0.3) is 10.9 Å². The topological polar surface area (TPSA) is 48.3 Å². The number of hydrogen-bond donors (Lipinski definition) is 0. The van der Waals surface area contributed by atoms with Crippen molar-refractivity contribution in [1.29, 1.82) is 0 Å². The summed E-state index contributed by atoms with van der Waals surface area (Å²) in [7, 11) is 1.68. The Labute approximate surface area is 137 Å². The van der Waals surface area contributed by atoms with Crippen molar-refractivity contribution >= 4 is 16.9 Å². The summed E-state index contributed by atoms with van der Waals surface area (Å²) in [6, 6.07) is 13.3. The Morgan fingerprint density at radius 1 is 1.12 bits per heavy atom. The quantitative estimate of drug-likeness (QED) is 0.647. The Kier molecular flexibility index (Phi) is 3.23. The molecule has 0 spiro atoms. The molecule has 0 bridgehead atoms. The monoisotopic (exact) mass is 323 g/mol. The molecule has 1 atom stereocenters. The van der Waals surface area contributed by atoms with Crippen molar-refractivity contribution in [2.24, 2.45) is 7.05 Å². The number of hydrogen-bond acceptors (Lipinski definition) is 3. The molecule has 24 heavy (non-hydrogen) atoms. The van der Waals surface area contributed by atoms with Crippen molar-refractivity contribution in [2.45, 2.75) is 12.3 Å². The van der Waals surface area contributed by atoms with Gasteiger partial charge in [0.1, 0.15) is 11.6 Å². The molecule has 4 rings (SSSR count). The Morgan fingerprint density at radius 3 is 2.71 bits per heavy atom. The van der Waals surface area contributed by atoms with E-state index in [2.05, 4.69) is 0 Å². The summed E-state index contributed by atoms with van der Waals surface area (Å²) in [6.45, 7) is 0. The molecule has 0 saturated heterocycles. The highest BCUT2D eigenvalue weighted by atomic mass is 19.1. The number of para-hydroxylation sites is 1. The summed E-state index contributed by atoms with van der Waals surface area (Å²) in [5.74, 6) is -1.04. The molecule has 0 N–H and O–H groups in total. The molecule has 0 saturated carbocycles. The fraction of sp³-hybridized carbons (Fsp3) is 0.158. The average Bonchev–Trinajstić information content (AvgIpc) is 2.59. The van der Waals surface area contributed by atoms with Crippen LogP contribution in [-0.2, 0) is 11.8 Å². The molecule has 0 amide bonds. The van der Waals surface area contributed by atoms with E-state index in [1.54, 1.807) is 29.8 Å². The minimum Gasteiger partial charge on any atom is -0.425 e. The molecular weight excluding hydrogens is 309 g/mol. The molecule has 5 heteroatoms. The van der Waals surface area contributed by atoms with Gasteiger partial charge in [0.05, 0.1) is 17.5 Å². The van der Waals surface area contributed by atoms with Gasteiger partial charge in [0.15, 0.2) is 0 Å². The third kappa shape index (κ3) is 2.12. The maximum absolute atomic E-state index is 13.6. The number of nitrogens with zero attached hydrogens (tertiary/aromatic N) is 1. The van der Waals surface area contributed by atoms with Crippen LogP contribution in [0.4, 0.5) is 4.39 Å². The highest BCUT2D eigenvalue weighted by molar-refractivity contribution is 5.91. The van der Waals surface area contributed by atoms with Crippen LogP contribution in [0.2, 0.25) is 0 Å². The van der Waals surface area contributed by atoms with E-state index in [-0.39, 0.29) is 12.0 Å². The number of halogens is 1. The van der Waals surface area contributed by atoms with Gasteiger partial charge in [-0.1, -0.05) is 24.3 Å². The van der Waals surface area contributed by atoms with E-state index in [4.69, 9.17) is 4.74 Å². The van der Waals surface area contributed by atoms with Crippen molar-refractivity contribution in [3.05, 3.63) is 75.8 Å². The molecule has 0 unspecified atom stereocenters. The second kappa shape index (κ2) is 5.30. The molecule has 3 aromatic rings. The standard InChI is InChI=1S/C19H14FNO3/c1-21-15-8-3-2-7-13(15)18-17(19(21)23)14(10-16(22)24-18)11-5-4-6-12(20)9-11/h2-9,14H,10H2,1H3/t14-/m0/s1. The van der Waals surface area contributed by atoms with Crippen molar-refractivity contribution in [3.8, 4) is 5.75 Å². The molecule has 120 valence electrons. The first-order valence-corrected chi connectivity index (χ1v) is 7.64. The lowest BCUT2D eigenvalue weighted by molar-refractivity contribution is -0.135. The van der Waals surface area contributed by atoms with E-state index < -0.39 is 17.7 Å². The number of carbonyl (C=O) groups excluding carboxylic acids is 1. The molecule has 0 fully saturated rings. The Balaban J connectivity index is 2.07. The number of aryl methyl sites for hydroxylation is 1. The molecule has 2 aromatic carbocycles. The van der Waals surface area contributed by atoms with Crippen LogP contribution in [0.15, 0.2) is 53.3 Å². The third-order valence-electron chi connectivity index (χ3n) is 4.48. The summed E-state index contributed by atoms with van der Waals surface area (Å²) >= 11 is 0. The first kappa shape index (κ1) is 14.6. The maximum atomic E-state index is 13.6. The van der Waals surface area contributed by atoms with Crippen LogP contribution in [0.3, 0.4) is 0 Å². The number of pyridine rings is 1.